The van der Waals surface area contributed by atoms with Crippen molar-refractivity contribution in [1.82, 2.24) is 0 Å². The third kappa shape index (κ3) is 26.4. The first-order valence-corrected chi connectivity index (χ1v) is 7.66. The van der Waals surface area contributed by atoms with Crippen molar-refractivity contribution < 1.29 is 14.6 Å². The zero-order valence-corrected chi connectivity index (χ0v) is 15.3. The quantitative estimate of drug-likeness (QED) is 0.762. The van der Waals surface area contributed by atoms with Crippen LogP contribution in [0.3, 0.4) is 0 Å². The van der Waals surface area contributed by atoms with E-state index in [1.807, 2.05) is 20.8 Å². The standard InChI is InChI=1S/C10H22O.C7H16O2/c1-9(2,3)7-8-11-10(4,5)6;1-7(2,3)9-6-4-5-8/h7-8H2,1-6H3;8H,4-6H2,1-3H3. The molecule has 1 N–H and O–H groups in total. The molecule has 0 atom stereocenters. The van der Waals surface area contributed by atoms with Gasteiger partial charge in [0, 0.05) is 19.8 Å². The van der Waals surface area contributed by atoms with Crippen molar-refractivity contribution in [2.75, 3.05) is 19.8 Å². The van der Waals surface area contributed by atoms with Crippen LogP contribution in [0.1, 0.15) is 75.2 Å². The maximum absolute atomic E-state index is 8.38. The molecule has 0 bridgehead atoms. The number of aliphatic hydroxyl groups is 1. The van der Waals surface area contributed by atoms with Gasteiger partial charge in [-0.3, -0.25) is 0 Å². The molecular formula is C17H38O3. The summed E-state index contributed by atoms with van der Waals surface area (Å²) in [6, 6.07) is 0. The number of rotatable bonds is 5. The van der Waals surface area contributed by atoms with Crippen molar-refractivity contribution >= 4 is 0 Å². The van der Waals surface area contributed by atoms with E-state index in [-0.39, 0.29) is 17.8 Å². The van der Waals surface area contributed by atoms with E-state index in [4.69, 9.17) is 14.6 Å². The highest BCUT2D eigenvalue weighted by molar-refractivity contribution is 4.63. The zero-order valence-electron chi connectivity index (χ0n) is 15.3. The van der Waals surface area contributed by atoms with Crippen molar-refractivity contribution in [2.24, 2.45) is 5.41 Å². The second-order valence-electron chi connectivity index (χ2n) is 8.31. The van der Waals surface area contributed by atoms with E-state index in [0.717, 1.165) is 19.4 Å². The third-order valence-corrected chi connectivity index (χ3v) is 2.22. The van der Waals surface area contributed by atoms with Crippen LogP contribution in [0.4, 0.5) is 0 Å². The smallest absolute Gasteiger partial charge is 0.0598 e. The summed E-state index contributed by atoms with van der Waals surface area (Å²) in [6.07, 6.45) is 1.86. The Hall–Kier alpha value is -0.120. The topological polar surface area (TPSA) is 38.7 Å². The predicted molar refractivity (Wildman–Crippen MR) is 87.2 cm³/mol. The number of aliphatic hydroxyl groups excluding tert-OH is 1. The molecule has 0 heterocycles. The summed E-state index contributed by atoms with van der Waals surface area (Å²) in [6.45, 7) is 20.7. The van der Waals surface area contributed by atoms with Gasteiger partial charge in [-0.15, -0.1) is 0 Å². The van der Waals surface area contributed by atoms with Gasteiger partial charge in [-0.25, -0.2) is 0 Å². The van der Waals surface area contributed by atoms with Gasteiger partial charge in [0.25, 0.3) is 0 Å². The van der Waals surface area contributed by atoms with E-state index in [1.54, 1.807) is 0 Å². The molecule has 0 radical (unpaired) electrons. The average molecular weight is 290 g/mol. The highest BCUT2D eigenvalue weighted by Gasteiger charge is 2.14. The largest absolute Gasteiger partial charge is 0.396 e. The van der Waals surface area contributed by atoms with Crippen LogP contribution in [-0.2, 0) is 9.47 Å². The van der Waals surface area contributed by atoms with Crippen molar-refractivity contribution in [3.8, 4) is 0 Å². The summed E-state index contributed by atoms with van der Waals surface area (Å²) in [4.78, 5) is 0. The Balaban J connectivity index is 0. The molecule has 0 rings (SSSR count). The fourth-order valence-corrected chi connectivity index (χ4v) is 1.11. The Morgan fingerprint density at radius 2 is 1.10 bits per heavy atom. The fraction of sp³-hybridized carbons (Fsp3) is 1.00. The van der Waals surface area contributed by atoms with Gasteiger partial charge >= 0.3 is 0 Å². The molecular weight excluding hydrogens is 252 g/mol. The van der Waals surface area contributed by atoms with Gasteiger partial charge in [0.05, 0.1) is 11.2 Å². The van der Waals surface area contributed by atoms with E-state index in [9.17, 15) is 0 Å². The minimum Gasteiger partial charge on any atom is -0.396 e. The van der Waals surface area contributed by atoms with E-state index < -0.39 is 0 Å². The molecule has 0 fully saturated rings. The highest BCUT2D eigenvalue weighted by Crippen LogP contribution is 2.19. The monoisotopic (exact) mass is 290 g/mol. The summed E-state index contributed by atoms with van der Waals surface area (Å²) >= 11 is 0. The molecule has 20 heavy (non-hydrogen) atoms. The molecule has 0 aliphatic rings. The average Bonchev–Trinajstić information content (AvgIpc) is 2.12. The molecule has 0 spiro atoms. The highest BCUT2D eigenvalue weighted by atomic mass is 16.5. The van der Waals surface area contributed by atoms with E-state index in [0.29, 0.717) is 12.0 Å². The molecule has 0 aliphatic heterocycles. The van der Waals surface area contributed by atoms with Crippen LogP contribution in [0.2, 0.25) is 0 Å². The third-order valence-electron chi connectivity index (χ3n) is 2.22. The molecule has 0 aliphatic carbocycles. The van der Waals surface area contributed by atoms with Crippen LogP contribution in [0, 0.1) is 5.41 Å². The lowest BCUT2D eigenvalue weighted by atomic mass is 9.93. The molecule has 0 saturated carbocycles. The molecule has 0 aromatic rings. The van der Waals surface area contributed by atoms with Crippen molar-refractivity contribution in [3.05, 3.63) is 0 Å². The van der Waals surface area contributed by atoms with Gasteiger partial charge in [0.1, 0.15) is 0 Å². The van der Waals surface area contributed by atoms with Crippen LogP contribution >= 0.6 is 0 Å². The van der Waals surface area contributed by atoms with Gasteiger partial charge in [-0.05, 0) is 59.8 Å². The Morgan fingerprint density at radius 1 is 0.700 bits per heavy atom. The molecule has 0 aromatic heterocycles. The maximum atomic E-state index is 8.38. The molecule has 0 amide bonds. The zero-order chi connectivity index (χ0) is 16.4. The molecule has 3 nitrogen and oxygen atoms in total. The van der Waals surface area contributed by atoms with E-state index in [1.165, 1.54) is 0 Å². The second-order valence-corrected chi connectivity index (χ2v) is 8.31. The molecule has 124 valence electrons. The summed E-state index contributed by atoms with van der Waals surface area (Å²) in [5, 5.41) is 8.38. The Labute approximate surface area is 127 Å². The van der Waals surface area contributed by atoms with E-state index >= 15 is 0 Å². The molecule has 0 unspecified atom stereocenters. The van der Waals surface area contributed by atoms with Crippen LogP contribution in [-0.4, -0.2) is 36.1 Å². The predicted octanol–water partition coefficient (Wildman–Crippen LogP) is 4.42. The Bertz CT molecular complexity index is 202. The normalized spacial score (nSPS) is 12.9. The van der Waals surface area contributed by atoms with E-state index in [2.05, 4.69) is 41.5 Å². The lowest BCUT2D eigenvalue weighted by Crippen LogP contribution is -2.22. The van der Waals surface area contributed by atoms with Crippen LogP contribution < -0.4 is 0 Å². The van der Waals surface area contributed by atoms with Gasteiger partial charge in [0.15, 0.2) is 0 Å². The molecule has 3 heteroatoms. The maximum Gasteiger partial charge on any atom is 0.0598 e. The minimum absolute atomic E-state index is 0.0191. The van der Waals surface area contributed by atoms with Gasteiger partial charge in [-0.2, -0.15) is 0 Å². The van der Waals surface area contributed by atoms with Crippen molar-refractivity contribution in [2.45, 2.75) is 86.4 Å². The molecule has 0 saturated heterocycles. The number of hydrogen-bond donors (Lipinski definition) is 1. The summed E-state index contributed by atoms with van der Waals surface area (Å²) < 4.78 is 10.9. The number of hydrogen-bond acceptors (Lipinski definition) is 3. The van der Waals surface area contributed by atoms with Crippen LogP contribution in [0.25, 0.3) is 0 Å². The molecule has 0 aromatic carbocycles. The lowest BCUT2D eigenvalue weighted by molar-refractivity contribution is -0.0139. The lowest BCUT2D eigenvalue weighted by Gasteiger charge is -2.23. The first-order valence-electron chi connectivity index (χ1n) is 7.66. The summed E-state index contributed by atoms with van der Waals surface area (Å²) in [7, 11) is 0. The summed E-state index contributed by atoms with van der Waals surface area (Å²) in [5.74, 6) is 0. The van der Waals surface area contributed by atoms with Gasteiger partial charge < -0.3 is 14.6 Å². The minimum atomic E-state index is -0.0603. The first-order chi connectivity index (χ1) is 8.77. The SMILES string of the molecule is CC(C)(C)CCOC(C)(C)C.CC(C)(C)OCCCO. The Kier molecular flexibility index (Phi) is 10.8. The van der Waals surface area contributed by atoms with Crippen LogP contribution in [0.5, 0.6) is 0 Å². The van der Waals surface area contributed by atoms with Crippen LogP contribution in [0.15, 0.2) is 0 Å². The summed E-state index contributed by atoms with van der Waals surface area (Å²) in [5.41, 5.74) is 0.353. The Morgan fingerprint density at radius 3 is 1.40 bits per heavy atom. The van der Waals surface area contributed by atoms with Gasteiger partial charge in [0.2, 0.25) is 0 Å². The van der Waals surface area contributed by atoms with Crippen molar-refractivity contribution in [1.29, 1.82) is 0 Å². The first kappa shape index (κ1) is 22.2. The van der Waals surface area contributed by atoms with Crippen molar-refractivity contribution in [3.63, 3.8) is 0 Å². The van der Waals surface area contributed by atoms with Gasteiger partial charge in [-0.1, -0.05) is 20.8 Å². The second kappa shape index (κ2) is 9.75. The fourth-order valence-electron chi connectivity index (χ4n) is 1.11. The number of ether oxygens (including phenoxy) is 2.